The van der Waals surface area contributed by atoms with E-state index in [1.54, 1.807) is 0 Å². The lowest BCUT2D eigenvalue weighted by molar-refractivity contribution is 1.08. The molecule has 5 heteroatoms. The number of aromatic nitrogens is 4. The number of thiophene rings is 1. The van der Waals surface area contributed by atoms with Gasteiger partial charge in [0.15, 0.2) is 17.5 Å². The minimum atomic E-state index is 0.657. The van der Waals surface area contributed by atoms with Crippen molar-refractivity contribution in [1.82, 2.24) is 19.5 Å². The summed E-state index contributed by atoms with van der Waals surface area (Å²) in [7, 11) is 0. The summed E-state index contributed by atoms with van der Waals surface area (Å²) in [4.78, 5) is 15.3. The minimum absolute atomic E-state index is 0.657. The number of hydrogen-bond acceptors (Lipinski definition) is 4. The Balaban J connectivity index is 1.32. The average molecular weight is 581 g/mol. The Bertz CT molecular complexity index is 2490. The first-order valence-corrected chi connectivity index (χ1v) is 15.4. The molecule has 0 bridgehead atoms. The molecule has 0 aliphatic carbocycles. The van der Waals surface area contributed by atoms with Crippen LogP contribution in [0.15, 0.2) is 146 Å². The zero-order valence-corrected chi connectivity index (χ0v) is 24.4. The van der Waals surface area contributed by atoms with Crippen LogP contribution in [0.5, 0.6) is 0 Å². The second-order valence-corrected chi connectivity index (χ2v) is 12.0. The number of rotatable bonds is 4. The summed E-state index contributed by atoms with van der Waals surface area (Å²) in [6, 6.07) is 50.8. The van der Waals surface area contributed by atoms with Crippen LogP contribution in [0.1, 0.15) is 0 Å². The van der Waals surface area contributed by atoms with E-state index in [0.717, 1.165) is 44.2 Å². The maximum absolute atomic E-state index is 5.18. The van der Waals surface area contributed by atoms with Crippen molar-refractivity contribution in [2.75, 3.05) is 0 Å². The van der Waals surface area contributed by atoms with E-state index in [2.05, 4.69) is 132 Å². The fourth-order valence-electron chi connectivity index (χ4n) is 6.27. The van der Waals surface area contributed by atoms with Gasteiger partial charge >= 0.3 is 0 Å². The van der Waals surface area contributed by atoms with Crippen molar-refractivity contribution >= 4 is 53.3 Å². The standard InChI is InChI=1S/C39H24N4S/c1-3-12-25(13-4-1)37-40-38(26-22-23-35-31(24-26)28-16-8-10-21-34(28)44-35)42-39(41-37)30-18-11-20-33-36(30)29-17-7-9-19-32(29)43(33)27-14-5-2-6-15-27/h1-24H. The van der Waals surface area contributed by atoms with Crippen LogP contribution in [0.25, 0.3) is 81.8 Å². The lowest BCUT2D eigenvalue weighted by atomic mass is 10.0. The summed E-state index contributed by atoms with van der Waals surface area (Å²) in [6.07, 6.45) is 0. The second kappa shape index (κ2) is 9.97. The Morgan fingerprint density at radius 3 is 1.91 bits per heavy atom. The molecule has 44 heavy (non-hydrogen) atoms. The zero-order valence-electron chi connectivity index (χ0n) is 23.6. The Labute approximate surface area is 257 Å². The summed E-state index contributed by atoms with van der Waals surface area (Å²) in [6.45, 7) is 0. The van der Waals surface area contributed by atoms with Gasteiger partial charge in [-0.05, 0) is 48.5 Å². The third kappa shape index (κ3) is 3.94. The second-order valence-electron chi connectivity index (χ2n) is 10.9. The number of para-hydroxylation sites is 2. The van der Waals surface area contributed by atoms with Gasteiger partial charge in [0.05, 0.1) is 11.0 Å². The van der Waals surface area contributed by atoms with E-state index in [4.69, 9.17) is 15.0 Å². The van der Waals surface area contributed by atoms with E-state index < -0.39 is 0 Å². The quantitative estimate of drug-likeness (QED) is 0.208. The summed E-state index contributed by atoms with van der Waals surface area (Å²) in [5.41, 5.74) is 6.29. The highest BCUT2D eigenvalue weighted by Crippen LogP contribution is 2.39. The summed E-state index contributed by atoms with van der Waals surface area (Å²) < 4.78 is 4.86. The van der Waals surface area contributed by atoms with Crippen molar-refractivity contribution in [1.29, 1.82) is 0 Å². The van der Waals surface area contributed by atoms with Crippen LogP contribution in [-0.4, -0.2) is 19.5 Å². The van der Waals surface area contributed by atoms with Gasteiger partial charge in [-0.1, -0.05) is 97.1 Å². The third-order valence-electron chi connectivity index (χ3n) is 8.26. The first kappa shape index (κ1) is 24.9. The Kier molecular flexibility index (Phi) is 5.64. The number of nitrogens with zero attached hydrogens (tertiary/aromatic N) is 4. The lowest BCUT2D eigenvalue weighted by Crippen LogP contribution is -2.00. The molecule has 9 aromatic rings. The molecule has 3 aromatic heterocycles. The molecule has 0 fully saturated rings. The van der Waals surface area contributed by atoms with Crippen LogP contribution in [0.4, 0.5) is 0 Å². The van der Waals surface area contributed by atoms with Crippen molar-refractivity contribution in [3.8, 4) is 39.9 Å². The molecule has 9 rings (SSSR count). The summed E-state index contributed by atoms with van der Waals surface area (Å²) in [5, 5.41) is 4.77. The monoisotopic (exact) mass is 580 g/mol. The smallest absolute Gasteiger partial charge is 0.164 e. The van der Waals surface area contributed by atoms with Crippen molar-refractivity contribution in [3.63, 3.8) is 0 Å². The van der Waals surface area contributed by atoms with Crippen molar-refractivity contribution in [2.24, 2.45) is 0 Å². The van der Waals surface area contributed by atoms with E-state index in [1.807, 2.05) is 29.5 Å². The maximum atomic E-state index is 5.18. The first-order valence-electron chi connectivity index (χ1n) is 14.6. The lowest BCUT2D eigenvalue weighted by Gasteiger charge is -2.10. The highest BCUT2D eigenvalue weighted by atomic mass is 32.1. The van der Waals surface area contributed by atoms with Crippen molar-refractivity contribution in [2.45, 2.75) is 0 Å². The van der Waals surface area contributed by atoms with E-state index in [0.29, 0.717) is 17.5 Å². The van der Waals surface area contributed by atoms with Gasteiger partial charge in [-0.25, -0.2) is 15.0 Å². The molecule has 0 aliphatic rings. The summed E-state index contributed by atoms with van der Waals surface area (Å²) >= 11 is 1.81. The van der Waals surface area contributed by atoms with Crippen LogP contribution in [0, 0.1) is 0 Å². The SMILES string of the molecule is c1ccc(-c2nc(-c3ccc4sc5ccccc5c4c3)nc(-c3cccc4c3c3ccccc3n4-c3ccccc3)n2)cc1. The number of hydrogen-bond donors (Lipinski definition) is 0. The van der Waals surface area contributed by atoms with E-state index >= 15 is 0 Å². The molecule has 0 amide bonds. The molecule has 0 aliphatic heterocycles. The van der Waals surface area contributed by atoms with Gasteiger partial charge in [-0.15, -0.1) is 11.3 Å². The number of fused-ring (bicyclic) bond motifs is 6. The molecule has 4 nitrogen and oxygen atoms in total. The van der Waals surface area contributed by atoms with Gasteiger partial charge in [-0.3, -0.25) is 0 Å². The van der Waals surface area contributed by atoms with Crippen LogP contribution in [-0.2, 0) is 0 Å². The molecule has 0 N–H and O–H groups in total. The molecule has 0 spiro atoms. The molecule has 0 saturated heterocycles. The van der Waals surface area contributed by atoms with Gasteiger partial charge in [0, 0.05) is 53.3 Å². The van der Waals surface area contributed by atoms with Crippen molar-refractivity contribution < 1.29 is 0 Å². The molecule has 6 aromatic carbocycles. The predicted molar refractivity (Wildman–Crippen MR) is 183 cm³/mol. The van der Waals surface area contributed by atoms with E-state index in [9.17, 15) is 0 Å². The van der Waals surface area contributed by atoms with Crippen molar-refractivity contribution in [3.05, 3.63) is 146 Å². The normalized spacial score (nSPS) is 11.6. The van der Waals surface area contributed by atoms with Crippen LogP contribution >= 0.6 is 11.3 Å². The predicted octanol–water partition coefficient (Wildman–Crippen LogP) is 10.3. The Morgan fingerprint density at radius 1 is 0.432 bits per heavy atom. The first-order chi connectivity index (χ1) is 21.8. The molecule has 3 heterocycles. The van der Waals surface area contributed by atoms with Gasteiger partial charge in [0.25, 0.3) is 0 Å². The minimum Gasteiger partial charge on any atom is -0.309 e. The molecule has 0 saturated carbocycles. The zero-order chi connectivity index (χ0) is 29.0. The maximum Gasteiger partial charge on any atom is 0.164 e. The molecule has 0 unspecified atom stereocenters. The van der Waals surface area contributed by atoms with Gasteiger partial charge in [0.2, 0.25) is 0 Å². The summed E-state index contributed by atoms with van der Waals surface area (Å²) in [5.74, 6) is 1.98. The van der Waals surface area contributed by atoms with Gasteiger partial charge in [0.1, 0.15) is 0 Å². The fraction of sp³-hybridized carbons (Fsp3) is 0. The highest BCUT2D eigenvalue weighted by molar-refractivity contribution is 7.25. The van der Waals surface area contributed by atoms with Gasteiger partial charge < -0.3 is 4.57 Å². The van der Waals surface area contributed by atoms with Crippen LogP contribution in [0.2, 0.25) is 0 Å². The van der Waals surface area contributed by atoms with Crippen LogP contribution < -0.4 is 0 Å². The molecule has 0 atom stereocenters. The molecular weight excluding hydrogens is 557 g/mol. The highest BCUT2D eigenvalue weighted by Gasteiger charge is 2.19. The average Bonchev–Trinajstić information content (AvgIpc) is 3.64. The number of benzene rings is 6. The topological polar surface area (TPSA) is 43.6 Å². The molecular formula is C39H24N4S. The van der Waals surface area contributed by atoms with E-state index in [1.165, 1.54) is 20.2 Å². The van der Waals surface area contributed by atoms with E-state index in [-0.39, 0.29) is 0 Å². The van der Waals surface area contributed by atoms with Gasteiger partial charge in [-0.2, -0.15) is 0 Å². The Morgan fingerprint density at radius 2 is 1.07 bits per heavy atom. The Hall–Kier alpha value is -5.65. The largest absolute Gasteiger partial charge is 0.309 e. The molecule has 206 valence electrons. The fourth-order valence-corrected chi connectivity index (χ4v) is 7.35. The van der Waals surface area contributed by atoms with Crippen LogP contribution in [0.3, 0.4) is 0 Å². The third-order valence-corrected chi connectivity index (χ3v) is 9.41. The molecule has 0 radical (unpaired) electrons.